The number of hydrogen-bond acceptors (Lipinski definition) is 6. The van der Waals surface area contributed by atoms with Gasteiger partial charge < -0.3 is 14.8 Å². The van der Waals surface area contributed by atoms with E-state index in [1.807, 2.05) is 57.3 Å². The Hall–Kier alpha value is -2.41. The zero-order chi connectivity index (χ0) is 22.0. The number of esters is 1. The molecule has 1 heterocycles. The van der Waals surface area contributed by atoms with Gasteiger partial charge in [0.05, 0.1) is 18.7 Å². The predicted octanol–water partition coefficient (Wildman–Crippen LogP) is 4.77. The number of aromatic nitrogens is 1. The van der Waals surface area contributed by atoms with Gasteiger partial charge in [-0.25, -0.2) is 4.98 Å². The van der Waals surface area contributed by atoms with Gasteiger partial charge in [0.15, 0.2) is 0 Å². The SMILES string of the molecule is CCOc1ccc(-c2nc(CC(=O)NCCCCCC(=O)OC(C)(C)C)cs2)cc1. The van der Waals surface area contributed by atoms with Gasteiger partial charge in [-0.15, -0.1) is 11.3 Å². The fraction of sp³-hybridized carbons (Fsp3) is 0.522. The second-order valence-corrected chi connectivity index (χ2v) is 8.88. The molecule has 1 amide bonds. The number of amides is 1. The monoisotopic (exact) mass is 432 g/mol. The minimum Gasteiger partial charge on any atom is -0.494 e. The van der Waals surface area contributed by atoms with E-state index in [0.717, 1.165) is 41.3 Å². The van der Waals surface area contributed by atoms with Gasteiger partial charge in [0.25, 0.3) is 0 Å². The molecule has 0 bridgehead atoms. The number of nitrogens with zero attached hydrogens (tertiary/aromatic N) is 1. The molecule has 2 rings (SSSR count). The summed E-state index contributed by atoms with van der Waals surface area (Å²) in [7, 11) is 0. The first-order valence-electron chi connectivity index (χ1n) is 10.4. The number of nitrogens with one attached hydrogen (secondary N) is 1. The maximum atomic E-state index is 12.1. The summed E-state index contributed by atoms with van der Waals surface area (Å²) < 4.78 is 10.7. The lowest BCUT2D eigenvalue weighted by atomic mass is 10.1. The lowest BCUT2D eigenvalue weighted by Crippen LogP contribution is -2.26. The van der Waals surface area contributed by atoms with Gasteiger partial charge in [0.2, 0.25) is 5.91 Å². The molecule has 0 fully saturated rings. The van der Waals surface area contributed by atoms with E-state index in [4.69, 9.17) is 9.47 Å². The van der Waals surface area contributed by atoms with Crippen LogP contribution in [0.5, 0.6) is 5.75 Å². The molecule has 0 saturated heterocycles. The average molecular weight is 433 g/mol. The minimum atomic E-state index is -0.437. The third-order valence-corrected chi connectivity index (χ3v) is 5.05. The average Bonchev–Trinajstić information content (AvgIpc) is 3.12. The smallest absolute Gasteiger partial charge is 0.306 e. The van der Waals surface area contributed by atoms with Crippen molar-refractivity contribution in [2.75, 3.05) is 13.2 Å². The Bertz CT molecular complexity index is 809. The molecule has 1 aromatic carbocycles. The van der Waals surface area contributed by atoms with Crippen LogP contribution in [0.2, 0.25) is 0 Å². The Morgan fingerprint density at radius 3 is 2.50 bits per heavy atom. The van der Waals surface area contributed by atoms with E-state index >= 15 is 0 Å². The van der Waals surface area contributed by atoms with Crippen molar-refractivity contribution in [2.24, 2.45) is 0 Å². The van der Waals surface area contributed by atoms with Gasteiger partial charge in [-0.1, -0.05) is 6.42 Å². The summed E-state index contributed by atoms with van der Waals surface area (Å²) >= 11 is 1.53. The van der Waals surface area contributed by atoms with E-state index in [9.17, 15) is 9.59 Å². The number of carbonyl (C=O) groups is 2. The number of carbonyl (C=O) groups excluding carboxylic acids is 2. The van der Waals surface area contributed by atoms with E-state index < -0.39 is 5.60 Å². The van der Waals surface area contributed by atoms with Crippen LogP contribution >= 0.6 is 11.3 Å². The molecule has 1 aromatic heterocycles. The molecule has 0 radical (unpaired) electrons. The summed E-state index contributed by atoms with van der Waals surface area (Å²) in [5, 5.41) is 5.74. The number of hydrogen-bond donors (Lipinski definition) is 1. The molecule has 7 heteroatoms. The van der Waals surface area contributed by atoms with Crippen LogP contribution in [0, 0.1) is 0 Å². The first-order valence-corrected chi connectivity index (χ1v) is 11.3. The van der Waals surface area contributed by atoms with Crippen molar-refractivity contribution in [1.82, 2.24) is 10.3 Å². The lowest BCUT2D eigenvalue weighted by Gasteiger charge is -2.19. The Kier molecular flexibility index (Phi) is 9.30. The Morgan fingerprint density at radius 2 is 1.83 bits per heavy atom. The van der Waals surface area contributed by atoms with E-state index in [0.29, 0.717) is 19.6 Å². The molecule has 0 saturated carbocycles. The van der Waals surface area contributed by atoms with Crippen LogP contribution < -0.4 is 10.1 Å². The fourth-order valence-corrected chi connectivity index (χ4v) is 3.63. The Balaban J connectivity index is 1.65. The zero-order valence-electron chi connectivity index (χ0n) is 18.3. The lowest BCUT2D eigenvalue weighted by molar-refractivity contribution is -0.154. The van der Waals surface area contributed by atoms with Gasteiger partial charge in [0, 0.05) is 23.9 Å². The molecule has 0 aliphatic carbocycles. The third kappa shape index (κ3) is 8.95. The predicted molar refractivity (Wildman–Crippen MR) is 120 cm³/mol. The largest absolute Gasteiger partial charge is 0.494 e. The summed E-state index contributed by atoms with van der Waals surface area (Å²) in [5.41, 5.74) is 1.35. The molecule has 2 aromatic rings. The molecular formula is C23H32N2O4S. The van der Waals surface area contributed by atoms with Gasteiger partial charge in [0.1, 0.15) is 16.4 Å². The van der Waals surface area contributed by atoms with Gasteiger partial charge >= 0.3 is 5.97 Å². The number of rotatable bonds is 11. The van der Waals surface area contributed by atoms with Crippen molar-refractivity contribution < 1.29 is 19.1 Å². The summed E-state index contributed by atoms with van der Waals surface area (Å²) in [6.45, 7) is 8.79. The second-order valence-electron chi connectivity index (χ2n) is 8.03. The van der Waals surface area contributed by atoms with Crippen LogP contribution in [0.4, 0.5) is 0 Å². The first kappa shape index (κ1) is 23.9. The van der Waals surface area contributed by atoms with Crippen molar-refractivity contribution in [3.8, 4) is 16.3 Å². The van der Waals surface area contributed by atoms with Crippen molar-refractivity contribution in [1.29, 1.82) is 0 Å². The van der Waals surface area contributed by atoms with Crippen LogP contribution in [0.25, 0.3) is 10.6 Å². The molecule has 0 atom stereocenters. The number of ether oxygens (including phenoxy) is 2. The highest BCUT2D eigenvalue weighted by atomic mass is 32.1. The molecular weight excluding hydrogens is 400 g/mol. The molecule has 0 aliphatic rings. The minimum absolute atomic E-state index is 0.0364. The van der Waals surface area contributed by atoms with Crippen molar-refractivity contribution in [3.63, 3.8) is 0 Å². The summed E-state index contributed by atoms with van der Waals surface area (Å²) in [4.78, 5) is 28.4. The van der Waals surface area contributed by atoms with Crippen LogP contribution in [0.3, 0.4) is 0 Å². The van der Waals surface area contributed by atoms with Gasteiger partial charge in [-0.2, -0.15) is 0 Å². The van der Waals surface area contributed by atoms with Crippen LogP contribution in [-0.4, -0.2) is 35.6 Å². The summed E-state index contributed by atoms with van der Waals surface area (Å²) in [6.07, 6.45) is 3.16. The Morgan fingerprint density at radius 1 is 1.10 bits per heavy atom. The van der Waals surface area contributed by atoms with Crippen LogP contribution in [0.15, 0.2) is 29.6 Å². The maximum Gasteiger partial charge on any atom is 0.306 e. The standard InChI is InChI=1S/C23H32N2O4S/c1-5-28-19-12-10-17(11-13-19)22-25-18(16-30-22)15-20(26)24-14-8-6-7-9-21(27)29-23(2,3)4/h10-13,16H,5-9,14-15H2,1-4H3,(H,24,26). The van der Waals surface area contributed by atoms with Gasteiger partial charge in [-0.3, -0.25) is 9.59 Å². The van der Waals surface area contributed by atoms with E-state index in [1.54, 1.807) is 0 Å². The highest BCUT2D eigenvalue weighted by Crippen LogP contribution is 2.26. The number of benzene rings is 1. The quantitative estimate of drug-likeness (QED) is 0.409. The number of thiazole rings is 1. The molecule has 0 unspecified atom stereocenters. The van der Waals surface area contributed by atoms with Crippen LogP contribution in [-0.2, 0) is 20.7 Å². The second kappa shape index (κ2) is 11.7. The topological polar surface area (TPSA) is 77.5 Å². The first-order chi connectivity index (χ1) is 14.3. The normalized spacial score (nSPS) is 11.2. The van der Waals surface area contributed by atoms with Crippen molar-refractivity contribution in [3.05, 3.63) is 35.3 Å². The molecule has 6 nitrogen and oxygen atoms in total. The van der Waals surface area contributed by atoms with E-state index in [1.165, 1.54) is 11.3 Å². The number of unbranched alkanes of at least 4 members (excludes halogenated alkanes) is 2. The Labute approximate surface area is 183 Å². The molecule has 0 spiro atoms. The highest BCUT2D eigenvalue weighted by molar-refractivity contribution is 7.13. The van der Waals surface area contributed by atoms with Crippen molar-refractivity contribution >= 4 is 23.2 Å². The van der Waals surface area contributed by atoms with Crippen molar-refractivity contribution in [2.45, 2.75) is 65.4 Å². The third-order valence-electron chi connectivity index (χ3n) is 4.11. The summed E-state index contributed by atoms with van der Waals surface area (Å²) in [5.74, 6) is 0.632. The molecule has 164 valence electrons. The van der Waals surface area contributed by atoms with E-state index in [2.05, 4.69) is 10.3 Å². The zero-order valence-corrected chi connectivity index (χ0v) is 19.1. The van der Waals surface area contributed by atoms with Gasteiger partial charge in [-0.05, 0) is 64.8 Å². The molecule has 30 heavy (non-hydrogen) atoms. The summed E-state index contributed by atoms with van der Waals surface area (Å²) in [6, 6.07) is 7.81. The molecule has 0 aliphatic heterocycles. The fourth-order valence-electron chi connectivity index (χ4n) is 2.80. The highest BCUT2D eigenvalue weighted by Gasteiger charge is 2.15. The maximum absolute atomic E-state index is 12.1. The molecule has 1 N–H and O–H groups in total. The van der Waals surface area contributed by atoms with E-state index in [-0.39, 0.29) is 18.3 Å². The van der Waals surface area contributed by atoms with Crippen LogP contribution in [0.1, 0.15) is 59.1 Å².